The lowest BCUT2D eigenvalue weighted by Gasteiger charge is -2.35. The van der Waals surface area contributed by atoms with Crippen molar-refractivity contribution in [1.82, 2.24) is 9.21 Å². The van der Waals surface area contributed by atoms with Gasteiger partial charge in [-0.15, -0.1) is 0 Å². The summed E-state index contributed by atoms with van der Waals surface area (Å²) in [6, 6.07) is 6.22. The molecule has 0 radical (unpaired) electrons. The monoisotopic (exact) mass is 380 g/mol. The third-order valence-electron chi connectivity index (χ3n) is 4.71. The Morgan fingerprint density at radius 3 is 2.04 bits per heavy atom. The number of imide groups is 1. The van der Waals surface area contributed by atoms with Gasteiger partial charge >= 0.3 is 0 Å². The topological polar surface area (TPSA) is 84.0 Å². The van der Waals surface area contributed by atoms with Crippen molar-refractivity contribution in [1.29, 1.82) is 0 Å². The number of carbonyl (C=O) groups excluding carboxylic acids is 2. The summed E-state index contributed by atoms with van der Waals surface area (Å²) in [7, 11) is -3.59. The van der Waals surface area contributed by atoms with Crippen molar-refractivity contribution in [2.45, 2.75) is 56.6 Å². The molecule has 0 atom stereocenters. The number of carbonyl (C=O) groups is 2. The molecular formula is C18H24N2O5S. The van der Waals surface area contributed by atoms with Gasteiger partial charge in [-0.3, -0.25) is 14.5 Å². The first-order chi connectivity index (χ1) is 12.3. The molecule has 142 valence electrons. The van der Waals surface area contributed by atoms with Gasteiger partial charge in [0.2, 0.25) is 21.8 Å². The molecular weight excluding hydrogens is 356 g/mol. The molecule has 1 aromatic rings. The first kappa shape index (κ1) is 18.8. The number of likely N-dealkylation sites (tertiary alicyclic amines) is 1. The summed E-state index contributed by atoms with van der Waals surface area (Å²) in [5.74, 6) is 0.345. The Bertz CT molecular complexity index is 764. The predicted molar refractivity (Wildman–Crippen MR) is 95.1 cm³/mol. The Morgan fingerprint density at radius 1 is 1.00 bits per heavy atom. The maximum absolute atomic E-state index is 12.8. The van der Waals surface area contributed by atoms with Crippen LogP contribution in [0.5, 0.6) is 5.75 Å². The second kappa shape index (κ2) is 7.36. The van der Waals surface area contributed by atoms with Crippen molar-refractivity contribution in [2.24, 2.45) is 0 Å². The average molecular weight is 380 g/mol. The molecule has 3 rings (SSSR count). The summed E-state index contributed by atoms with van der Waals surface area (Å²) in [6.07, 6.45) is 1.51. The average Bonchev–Trinajstić information content (AvgIpc) is 2.93. The molecule has 0 N–H and O–H groups in total. The number of amides is 2. The molecule has 2 saturated heterocycles. The number of ether oxygens (including phenoxy) is 1. The fourth-order valence-corrected chi connectivity index (χ4v) is 4.92. The summed E-state index contributed by atoms with van der Waals surface area (Å²) in [5, 5.41) is 0. The smallest absolute Gasteiger partial charge is 0.243 e. The minimum Gasteiger partial charge on any atom is -0.491 e. The van der Waals surface area contributed by atoms with Crippen LogP contribution in [0.3, 0.4) is 0 Å². The minimum atomic E-state index is -3.59. The predicted octanol–water partition coefficient (Wildman–Crippen LogP) is 1.78. The Balaban J connectivity index is 1.66. The van der Waals surface area contributed by atoms with Crippen LogP contribution in [0, 0.1) is 0 Å². The van der Waals surface area contributed by atoms with Crippen LogP contribution in [0.15, 0.2) is 29.2 Å². The van der Waals surface area contributed by atoms with E-state index < -0.39 is 10.0 Å². The molecule has 2 fully saturated rings. The molecule has 1 aromatic carbocycles. The largest absolute Gasteiger partial charge is 0.491 e. The SMILES string of the molecule is CC(C)Oc1ccc(S(=O)(=O)N2CCC(N3C(=O)CCC3=O)CC2)cc1. The summed E-state index contributed by atoms with van der Waals surface area (Å²) in [5.41, 5.74) is 0. The van der Waals surface area contributed by atoms with E-state index in [9.17, 15) is 18.0 Å². The summed E-state index contributed by atoms with van der Waals surface area (Å²) >= 11 is 0. The molecule has 7 nitrogen and oxygen atoms in total. The van der Waals surface area contributed by atoms with E-state index in [1.54, 1.807) is 24.3 Å². The van der Waals surface area contributed by atoms with Crippen molar-refractivity contribution in [2.75, 3.05) is 13.1 Å². The van der Waals surface area contributed by atoms with Gasteiger partial charge < -0.3 is 4.74 Å². The summed E-state index contributed by atoms with van der Waals surface area (Å²) in [4.78, 5) is 25.3. The molecule has 0 bridgehead atoms. The molecule has 2 heterocycles. The van der Waals surface area contributed by atoms with E-state index in [0.29, 0.717) is 31.7 Å². The van der Waals surface area contributed by atoms with E-state index in [1.165, 1.54) is 9.21 Å². The molecule has 26 heavy (non-hydrogen) atoms. The van der Waals surface area contributed by atoms with Gasteiger partial charge in [0.25, 0.3) is 0 Å². The lowest BCUT2D eigenvalue weighted by atomic mass is 10.1. The minimum absolute atomic E-state index is 0.0208. The van der Waals surface area contributed by atoms with Crippen LogP contribution in [0.1, 0.15) is 39.5 Å². The van der Waals surface area contributed by atoms with Gasteiger partial charge in [-0.2, -0.15) is 4.31 Å². The van der Waals surface area contributed by atoms with Gasteiger partial charge in [0, 0.05) is 32.0 Å². The molecule has 2 amide bonds. The van der Waals surface area contributed by atoms with Crippen molar-refractivity contribution < 1.29 is 22.7 Å². The van der Waals surface area contributed by atoms with E-state index in [2.05, 4.69) is 0 Å². The number of rotatable bonds is 5. The van der Waals surface area contributed by atoms with Crippen LogP contribution in [0.25, 0.3) is 0 Å². The Labute approximate surface area is 154 Å². The van der Waals surface area contributed by atoms with Crippen LogP contribution in [0.4, 0.5) is 0 Å². The number of hydrogen-bond acceptors (Lipinski definition) is 5. The molecule has 0 unspecified atom stereocenters. The maximum atomic E-state index is 12.8. The molecule has 0 aliphatic carbocycles. The fraction of sp³-hybridized carbons (Fsp3) is 0.556. The lowest BCUT2D eigenvalue weighted by Crippen LogP contribution is -2.48. The first-order valence-electron chi connectivity index (χ1n) is 8.91. The van der Waals surface area contributed by atoms with Crippen molar-refractivity contribution in [3.05, 3.63) is 24.3 Å². The molecule has 8 heteroatoms. The van der Waals surface area contributed by atoms with Crippen LogP contribution in [0.2, 0.25) is 0 Å². The van der Waals surface area contributed by atoms with Crippen LogP contribution >= 0.6 is 0 Å². The highest BCUT2D eigenvalue weighted by molar-refractivity contribution is 7.89. The Hall–Kier alpha value is -1.93. The van der Waals surface area contributed by atoms with Gasteiger partial charge in [0.1, 0.15) is 5.75 Å². The van der Waals surface area contributed by atoms with Crippen LogP contribution in [-0.4, -0.2) is 54.7 Å². The van der Waals surface area contributed by atoms with Crippen LogP contribution < -0.4 is 4.74 Å². The van der Waals surface area contributed by atoms with Crippen molar-refractivity contribution in [3.63, 3.8) is 0 Å². The van der Waals surface area contributed by atoms with E-state index in [0.717, 1.165) is 0 Å². The third-order valence-corrected chi connectivity index (χ3v) is 6.62. The van der Waals surface area contributed by atoms with Gasteiger partial charge in [-0.25, -0.2) is 8.42 Å². The third kappa shape index (κ3) is 3.76. The standard InChI is InChI=1S/C18H24N2O5S/c1-13(2)25-15-3-5-16(6-4-15)26(23,24)19-11-9-14(10-12-19)20-17(21)7-8-18(20)22/h3-6,13-14H,7-12H2,1-2H3. The maximum Gasteiger partial charge on any atom is 0.243 e. The van der Waals surface area contributed by atoms with Gasteiger partial charge in [0.05, 0.1) is 11.0 Å². The van der Waals surface area contributed by atoms with E-state index >= 15 is 0 Å². The molecule has 0 spiro atoms. The normalized spacial score (nSPS) is 20.2. The second-order valence-corrected chi connectivity index (χ2v) is 8.87. The highest BCUT2D eigenvalue weighted by Gasteiger charge is 2.38. The number of sulfonamides is 1. The zero-order valence-electron chi connectivity index (χ0n) is 15.1. The molecule has 2 aliphatic heterocycles. The lowest BCUT2D eigenvalue weighted by molar-refractivity contribution is -0.141. The zero-order valence-corrected chi connectivity index (χ0v) is 15.9. The Kier molecular flexibility index (Phi) is 5.34. The van der Waals surface area contributed by atoms with E-state index in [4.69, 9.17) is 4.74 Å². The molecule has 0 saturated carbocycles. The van der Waals surface area contributed by atoms with E-state index in [1.807, 2.05) is 13.8 Å². The quantitative estimate of drug-likeness (QED) is 0.727. The highest BCUT2D eigenvalue weighted by atomic mass is 32.2. The second-order valence-electron chi connectivity index (χ2n) is 6.93. The molecule has 0 aromatic heterocycles. The fourth-order valence-electron chi connectivity index (χ4n) is 3.45. The number of benzene rings is 1. The first-order valence-corrected chi connectivity index (χ1v) is 10.3. The summed E-state index contributed by atoms with van der Waals surface area (Å²) in [6.45, 7) is 4.41. The number of hydrogen-bond donors (Lipinski definition) is 0. The highest BCUT2D eigenvalue weighted by Crippen LogP contribution is 2.27. The Morgan fingerprint density at radius 2 is 1.54 bits per heavy atom. The van der Waals surface area contributed by atoms with Gasteiger partial charge in [0.15, 0.2) is 0 Å². The van der Waals surface area contributed by atoms with Crippen LogP contribution in [-0.2, 0) is 19.6 Å². The number of piperidine rings is 1. The van der Waals surface area contributed by atoms with Gasteiger partial charge in [-0.1, -0.05) is 0 Å². The molecule has 2 aliphatic rings. The number of nitrogens with zero attached hydrogens (tertiary/aromatic N) is 2. The van der Waals surface area contributed by atoms with E-state index in [-0.39, 0.29) is 41.7 Å². The summed E-state index contributed by atoms with van der Waals surface area (Å²) < 4.78 is 32.6. The van der Waals surface area contributed by atoms with Crippen molar-refractivity contribution in [3.8, 4) is 5.75 Å². The van der Waals surface area contributed by atoms with Gasteiger partial charge in [-0.05, 0) is 51.0 Å². The zero-order chi connectivity index (χ0) is 18.9. The van der Waals surface area contributed by atoms with Crippen molar-refractivity contribution >= 4 is 21.8 Å².